The van der Waals surface area contributed by atoms with Crippen LogP contribution in [0.5, 0.6) is 0 Å². The first-order valence-corrected chi connectivity index (χ1v) is 6.96. The summed E-state index contributed by atoms with van der Waals surface area (Å²) in [6, 6.07) is 9.12. The zero-order valence-corrected chi connectivity index (χ0v) is 12.6. The summed E-state index contributed by atoms with van der Waals surface area (Å²) in [6.45, 7) is 4.75. The molecular weight excluding hydrogens is 286 g/mol. The minimum absolute atomic E-state index is 0.0305. The van der Waals surface area contributed by atoms with E-state index in [2.05, 4.69) is 11.9 Å². The zero-order chi connectivity index (χ0) is 16.4. The van der Waals surface area contributed by atoms with Crippen LogP contribution in [-0.4, -0.2) is 35.9 Å². The van der Waals surface area contributed by atoms with Gasteiger partial charge in [0.15, 0.2) is 5.54 Å². The molecule has 22 heavy (non-hydrogen) atoms. The number of amides is 1. The van der Waals surface area contributed by atoms with Crippen molar-refractivity contribution < 1.29 is 24.2 Å². The van der Waals surface area contributed by atoms with Gasteiger partial charge in [0.2, 0.25) is 0 Å². The average Bonchev–Trinajstić information content (AvgIpc) is 2.53. The summed E-state index contributed by atoms with van der Waals surface area (Å²) in [5, 5.41) is 11.9. The number of esters is 1. The van der Waals surface area contributed by atoms with Gasteiger partial charge in [0.05, 0.1) is 13.2 Å². The summed E-state index contributed by atoms with van der Waals surface area (Å²) in [5.41, 5.74) is -0.766. The van der Waals surface area contributed by atoms with Crippen molar-refractivity contribution in [3.63, 3.8) is 0 Å². The summed E-state index contributed by atoms with van der Waals surface area (Å²) in [5.74, 6) is -0.728. The molecule has 0 saturated carbocycles. The van der Waals surface area contributed by atoms with Crippen LogP contribution in [0, 0.1) is 0 Å². The number of nitrogens with one attached hydrogen (secondary N) is 1. The molecule has 0 aliphatic heterocycles. The largest absolute Gasteiger partial charge is 0.464 e. The first-order valence-electron chi connectivity index (χ1n) is 6.96. The Balaban J connectivity index is 2.69. The van der Waals surface area contributed by atoms with E-state index in [1.165, 1.54) is 6.08 Å². The maximum atomic E-state index is 12.0. The van der Waals surface area contributed by atoms with Crippen molar-refractivity contribution in [2.24, 2.45) is 0 Å². The minimum atomic E-state index is -1.58. The van der Waals surface area contributed by atoms with Gasteiger partial charge < -0.3 is 19.9 Å². The number of benzene rings is 1. The number of hydrogen-bond acceptors (Lipinski definition) is 5. The second-order valence-corrected chi connectivity index (χ2v) is 4.64. The van der Waals surface area contributed by atoms with Crippen LogP contribution in [0.15, 0.2) is 43.0 Å². The van der Waals surface area contributed by atoms with E-state index in [9.17, 15) is 14.7 Å². The van der Waals surface area contributed by atoms with Gasteiger partial charge >= 0.3 is 12.1 Å². The van der Waals surface area contributed by atoms with E-state index < -0.39 is 24.2 Å². The Kier molecular flexibility index (Phi) is 7.12. The van der Waals surface area contributed by atoms with Crippen molar-refractivity contribution in [3.8, 4) is 0 Å². The Bertz CT molecular complexity index is 503. The number of ether oxygens (including phenoxy) is 2. The SMILES string of the molecule is C=CC[C@](CO)(NC(=O)OCc1ccccc1)C(=O)OCC. The van der Waals surface area contributed by atoms with Gasteiger partial charge in [-0.3, -0.25) is 0 Å². The number of aliphatic hydroxyl groups is 1. The molecule has 120 valence electrons. The molecule has 1 atom stereocenters. The molecule has 0 aliphatic carbocycles. The van der Waals surface area contributed by atoms with Crippen molar-refractivity contribution in [2.75, 3.05) is 13.2 Å². The lowest BCUT2D eigenvalue weighted by Crippen LogP contribution is -2.57. The van der Waals surface area contributed by atoms with Crippen LogP contribution in [0.25, 0.3) is 0 Å². The molecule has 1 aromatic carbocycles. The molecule has 0 bridgehead atoms. The molecule has 0 fully saturated rings. The number of alkyl carbamates (subject to hydrolysis) is 1. The first kappa shape index (κ1) is 17.7. The van der Waals surface area contributed by atoms with Gasteiger partial charge in [-0.2, -0.15) is 0 Å². The van der Waals surface area contributed by atoms with Crippen LogP contribution in [0.4, 0.5) is 4.79 Å². The highest BCUT2D eigenvalue weighted by atomic mass is 16.6. The quantitative estimate of drug-likeness (QED) is 0.565. The van der Waals surface area contributed by atoms with Crippen LogP contribution < -0.4 is 5.32 Å². The van der Waals surface area contributed by atoms with Crippen molar-refractivity contribution in [3.05, 3.63) is 48.6 Å². The highest BCUT2D eigenvalue weighted by Crippen LogP contribution is 2.14. The second kappa shape index (κ2) is 8.84. The van der Waals surface area contributed by atoms with Crippen LogP contribution in [0.3, 0.4) is 0 Å². The van der Waals surface area contributed by atoms with Crippen LogP contribution in [0.1, 0.15) is 18.9 Å². The molecule has 6 heteroatoms. The molecule has 0 saturated heterocycles. The summed E-state index contributed by atoms with van der Waals surface area (Å²) < 4.78 is 9.95. The maximum absolute atomic E-state index is 12.0. The molecule has 0 aromatic heterocycles. The molecule has 2 N–H and O–H groups in total. The van der Waals surface area contributed by atoms with E-state index in [-0.39, 0.29) is 19.6 Å². The van der Waals surface area contributed by atoms with Crippen molar-refractivity contribution >= 4 is 12.1 Å². The van der Waals surface area contributed by atoms with Crippen LogP contribution in [0.2, 0.25) is 0 Å². The van der Waals surface area contributed by atoms with E-state index in [0.717, 1.165) is 5.56 Å². The summed E-state index contributed by atoms with van der Waals surface area (Å²) in [7, 11) is 0. The number of aliphatic hydroxyl groups excluding tert-OH is 1. The third-order valence-electron chi connectivity index (χ3n) is 2.98. The van der Waals surface area contributed by atoms with Crippen molar-refractivity contribution in [1.29, 1.82) is 0 Å². The van der Waals surface area contributed by atoms with E-state index in [1.807, 2.05) is 30.3 Å². The fraction of sp³-hybridized carbons (Fsp3) is 0.375. The number of carbonyl (C=O) groups excluding carboxylic acids is 2. The molecule has 1 aromatic rings. The van der Waals surface area contributed by atoms with Crippen molar-refractivity contribution in [1.82, 2.24) is 5.32 Å². The standard InChI is InChI=1S/C16H21NO5/c1-3-10-16(12-18,14(19)21-4-2)17-15(20)22-11-13-8-6-5-7-9-13/h3,5-9,18H,1,4,10-12H2,2H3,(H,17,20)/t16-/m1/s1. The third kappa shape index (κ3) is 4.89. The summed E-state index contributed by atoms with van der Waals surface area (Å²) >= 11 is 0. The lowest BCUT2D eigenvalue weighted by atomic mass is 9.96. The number of hydrogen-bond donors (Lipinski definition) is 2. The Morgan fingerprint density at radius 1 is 1.32 bits per heavy atom. The Morgan fingerprint density at radius 2 is 2.00 bits per heavy atom. The second-order valence-electron chi connectivity index (χ2n) is 4.64. The van der Waals surface area contributed by atoms with Gasteiger partial charge in [-0.05, 0) is 12.5 Å². The molecule has 0 spiro atoms. The molecule has 1 rings (SSSR count). The fourth-order valence-corrected chi connectivity index (χ4v) is 1.82. The topological polar surface area (TPSA) is 84.9 Å². The predicted molar refractivity (Wildman–Crippen MR) is 81.0 cm³/mol. The number of carbonyl (C=O) groups is 2. The van der Waals surface area contributed by atoms with Crippen LogP contribution >= 0.6 is 0 Å². The average molecular weight is 307 g/mol. The minimum Gasteiger partial charge on any atom is -0.464 e. The van der Waals surface area contributed by atoms with Gasteiger partial charge in [-0.1, -0.05) is 36.4 Å². The number of rotatable bonds is 8. The molecular formula is C16H21NO5. The molecule has 0 radical (unpaired) electrons. The summed E-state index contributed by atoms with van der Waals surface area (Å²) in [4.78, 5) is 23.9. The maximum Gasteiger partial charge on any atom is 0.408 e. The van der Waals surface area contributed by atoms with Crippen molar-refractivity contribution in [2.45, 2.75) is 25.5 Å². The van der Waals surface area contributed by atoms with Gasteiger partial charge in [0, 0.05) is 6.42 Å². The molecule has 0 aliphatic rings. The lowest BCUT2D eigenvalue weighted by Gasteiger charge is -2.28. The highest BCUT2D eigenvalue weighted by Gasteiger charge is 2.40. The van der Waals surface area contributed by atoms with E-state index >= 15 is 0 Å². The normalized spacial score (nSPS) is 12.8. The van der Waals surface area contributed by atoms with E-state index in [0.29, 0.717) is 0 Å². The Labute approximate surface area is 129 Å². The summed E-state index contributed by atoms with van der Waals surface area (Å²) in [6.07, 6.45) is 0.640. The van der Waals surface area contributed by atoms with E-state index in [1.54, 1.807) is 6.92 Å². The monoisotopic (exact) mass is 307 g/mol. The molecule has 1 amide bonds. The smallest absolute Gasteiger partial charge is 0.408 e. The molecule has 0 unspecified atom stereocenters. The highest BCUT2D eigenvalue weighted by molar-refractivity contribution is 5.86. The molecule has 0 heterocycles. The van der Waals surface area contributed by atoms with Gasteiger partial charge in [0.1, 0.15) is 6.61 Å². The first-order chi connectivity index (χ1) is 10.6. The van der Waals surface area contributed by atoms with Gasteiger partial charge in [-0.15, -0.1) is 6.58 Å². The Hall–Kier alpha value is -2.34. The fourth-order valence-electron chi connectivity index (χ4n) is 1.82. The third-order valence-corrected chi connectivity index (χ3v) is 2.98. The lowest BCUT2D eigenvalue weighted by molar-refractivity contribution is -0.152. The predicted octanol–water partition coefficient (Wildman–Crippen LogP) is 1.78. The Morgan fingerprint density at radius 3 is 2.55 bits per heavy atom. The van der Waals surface area contributed by atoms with Crippen LogP contribution in [-0.2, 0) is 20.9 Å². The van der Waals surface area contributed by atoms with E-state index in [4.69, 9.17) is 9.47 Å². The zero-order valence-electron chi connectivity index (χ0n) is 12.6. The van der Waals surface area contributed by atoms with Gasteiger partial charge in [-0.25, -0.2) is 9.59 Å². The molecule has 6 nitrogen and oxygen atoms in total. The van der Waals surface area contributed by atoms with Gasteiger partial charge in [0.25, 0.3) is 0 Å².